The lowest BCUT2D eigenvalue weighted by atomic mass is 9.57. The molecule has 4 heteroatoms. The van der Waals surface area contributed by atoms with Gasteiger partial charge in [-0.15, -0.1) is 0 Å². The lowest BCUT2D eigenvalue weighted by Crippen LogP contribution is -2.50. The molecule has 0 aromatic rings. The van der Waals surface area contributed by atoms with E-state index in [0.29, 0.717) is 35.9 Å². The average Bonchev–Trinajstić information content (AvgIpc) is 3.19. The number of ketones is 1. The Morgan fingerprint density at radius 1 is 1.25 bits per heavy atom. The van der Waals surface area contributed by atoms with Crippen molar-refractivity contribution >= 4 is 5.78 Å². The van der Waals surface area contributed by atoms with Crippen molar-refractivity contribution in [1.82, 2.24) is 5.06 Å². The topological polar surface area (TPSA) is 49.8 Å². The minimum absolute atomic E-state index is 0.117. The summed E-state index contributed by atoms with van der Waals surface area (Å²) >= 11 is 0. The lowest BCUT2D eigenvalue weighted by Gasteiger charge is -2.47. The number of hydrogen-bond acceptors (Lipinski definition) is 4. The first-order chi connectivity index (χ1) is 15.2. The van der Waals surface area contributed by atoms with Crippen LogP contribution in [0.15, 0.2) is 22.8 Å². The zero-order valence-electron chi connectivity index (χ0n) is 20.4. The molecule has 6 rings (SSSR count). The van der Waals surface area contributed by atoms with Gasteiger partial charge in [-0.25, -0.2) is 0 Å². The van der Waals surface area contributed by atoms with Gasteiger partial charge in [0.25, 0.3) is 0 Å². The summed E-state index contributed by atoms with van der Waals surface area (Å²) in [6.07, 6.45) is 12.0. The molecule has 4 nitrogen and oxygen atoms in total. The van der Waals surface area contributed by atoms with Gasteiger partial charge < -0.3 is 9.94 Å². The summed E-state index contributed by atoms with van der Waals surface area (Å²) in [5.41, 5.74) is 4.86. The van der Waals surface area contributed by atoms with Gasteiger partial charge in [0.05, 0.1) is 17.7 Å². The van der Waals surface area contributed by atoms with Crippen molar-refractivity contribution < 1.29 is 14.7 Å². The second-order valence-electron chi connectivity index (χ2n) is 12.7. The summed E-state index contributed by atoms with van der Waals surface area (Å²) in [6, 6.07) is 0.147. The van der Waals surface area contributed by atoms with Crippen LogP contribution in [0.3, 0.4) is 0 Å². The van der Waals surface area contributed by atoms with E-state index in [9.17, 15) is 10.0 Å². The van der Waals surface area contributed by atoms with E-state index >= 15 is 0 Å². The largest absolute Gasteiger partial charge is 0.369 e. The monoisotopic (exact) mass is 439 g/mol. The lowest BCUT2D eigenvalue weighted by molar-refractivity contribution is -0.178. The molecule has 2 heterocycles. The Bertz CT molecular complexity index is 891. The molecule has 2 saturated carbocycles. The molecule has 1 spiro atoms. The average molecular weight is 440 g/mol. The third kappa shape index (κ3) is 2.94. The van der Waals surface area contributed by atoms with Gasteiger partial charge in [0, 0.05) is 25.3 Å². The fourth-order valence-corrected chi connectivity index (χ4v) is 9.25. The molecule has 9 atom stereocenters. The van der Waals surface area contributed by atoms with E-state index in [1.54, 1.807) is 16.2 Å². The minimum atomic E-state index is -0.117. The van der Waals surface area contributed by atoms with E-state index in [1.165, 1.54) is 18.4 Å². The summed E-state index contributed by atoms with van der Waals surface area (Å²) < 4.78 is 6.93. The van der Waals surface area contributed by atoms with Gasteiger partial charge in [0.1, 0.15) is 5.78 Å². The minimum Gasteiger partial charge on any atom is -0.369 e. The molecule has 32 heavy (non-hydrogen) atoms. The van der Waals surface area contributed by atoms with Crippen molar-refractivity contribution in [2.45, 2.75) is 103 Å². The molecule has 2 aliphatic heterocycles. The van der Waals surface area contributed by atoms with Crippen LogP contribution in [0, 0.1) is 35.0 Å². The first-order valence-corrected chi connectivity index (χ1v) is 13.2. The number of nitrogens with zero attached hydrogens (tertiary/aromatic N) is 1. The molecule has 4 aliphatic carbocycles. The van der Waals surface area contributed by atoms with Crippen LogP contribution < -0.4 is 0 Å². The molecule has 0 aromatic carbocycles. The normalized spacial score (nSPS) is 51.1. The molecular weight excluding hydrogens is 398 g/mol. The third-order valence-corrected chi connectivity index (χ3v) is 11.0. The Morgan fingerprint density at radius 3 is 2.88 bits per heavy atom. The second-order valence-corrected chi connectivity index (χ2v) is 12.7. The highest BCUT2D eigenvalue weighted by Gasteiger charge is 2.59. The fourth-order valence-electron chi connectivity index (χ4n) is 9.25. The van der Waals surface area contributed by atoms with Gasteiger partial charge in [-0.2, -0.15) is 5.06 Å². The van der Waals surface area contributed by atoms with Crippen molar-refractivity contribution in [2.24, 2.45) is 35.0 Å². The number of Topliss-reactive ketones (excluding diaryl/α,β-unsaturated/α-hetero) is 1. The van der Waals surface area contributed by atoms with E-state index in [2.05, 4.69) is 33.8 Å². The van der Waals surface area contributed by atoms with E-state index in [0.717, 1.165) is 51.0 Å². The number of hydroxylamine groups is 2. The van der Waals surface area contributed by atoms with Gasteiger partial charge in [0.2, 0.25) is 0 Å². The van der Waals surface area contributed by atoms with Crippen molar-refractivity contribution in [3.05, 3.63) is 22.8 Å². The van der Waals surface area contributed by atoms with E-state index in [-0.39, 0.29) is 23.2 Å². The molecule has 0 unspecified atom stereocenters. The van der Waals surface area contributed by atoms with E-state index < -0.39 is 0 Å². The quantitative estimate of drug-likeness (QED) is 0.492. The molecule has 0 amide bonds. The Hall–Kier alpha value is -0.970. The summed E-state index contributed by atoms with van der Waals surface area (Å²) in [5, 5.41) is 12.4. The molecule has 2 saturated heterocycles. The molecular formula is C28H41NO3. The first-order valence-electron chi connectivity index (χ1n) is 13.2. The Balaban J connectivity index is 1.29. The second kappa shape index (κ2) is 7.26. The van der Waals surface area contributed by atoms with E-state index in [1.807, 2.05) is 0 Å². The predicted molar refractivity (Wildman–Crippen MR) is 124 cm³/mol. The van der Waals surface area contributed by atoms with Crippen LogP contribution in [-0.4, -0.2) is 40.3 Å². The number of ether oxygens (including phenoxy) is 1. The maximum Gasteiger partial charge on any atom is 0.136 e. The van der Waals surface area contributed by atoms with Crippen molar-refractivity contribution in [3.8, 4) is 0 Å². The number of carbonyl (C=O) groups excluding carboxylic acids is 1. The number of allylic oxidation sites excluding steroid dienone is 3. The van der Waals surface area contributed by atoms with Crippen LogP contribution in [0.5, 0.6) is 0 Å². The van der Waals surface area contributed by atoms with Gasteiger partial charge in [-0.3, -0.25) is 4.79 Å². The number of fused-ring (bicyclic) bond motifs is 6. The molecule has 0 bridgehead atoms. The standard InChI is InChI=1S/C28H41NO3/c1-16-11-25-26(29(31)15-16)18(3)28(32-25)10-8-21-22-6-5-19-12-20(30)7-9-27(19,4)24(22)13-23(21)17(2)14-28/h5,16,18,21-22,24-26,31H,6-15H2,1-4H3/t16-,18+,21-,22-,24-,25+,26-,27-,28-/m0/s1. The smallest absolute Gasteiger partial charge is 0.136 e. The van der Waals surface area contributed by atoms with Crippen molar-refractivity contribution in [2.75, 3.05) is 6.54 Å². The number of piperidine rings is 1. The molecule has 0 aromatic heterocycles. The molecule has 0 radical (unpaired) electrons. The predicted octanol–water partition coefficient (Wildman–Crippen LogP) is 5.70. The summed E-state index contributed by atoms with van der Waals surface area (Å²) in [4.78, 5) is 12.1. The fraction of sp³-hybridized carbons (Fsp3) is 0.821. The van der Waals surface area contributed by atoms with Crippen LogP contribution in [0.25, 0.3) is 0 Å². The summed E-state index contributed by atoms with van der Waals surface area (Å²) in [5.74, 6) is 3.39. The highest BCUT2D eigenvalue weighted by molar-refractivity contribution is 5.82. The highest BCUT2D eigenvalue weighted by Crippen LogP contribution is 2.63. The summed E-state index contributed by atoms with van der Waals surface area (Å²) in [7, 11) is 0. The molecule has 1 N–H and O–H groups in total. The third-order valence-electron chi connectivity index (χ3n) is 11.0. The van der Waals surface area contributed by atoms with Crippen LogP contribution >= 0.6 is 0 Å². The maximum atomic E-state index is 12.1. The number of carbonyl (C=O) groups is 1. The zero-order valence-corrected chi connectivity index (χ0v) is 20.4. The first kappa shape index (κ1) is 21.6. The van der Waals surface area contributed by atoms with Crippen LogP contribution in [-0.2, 0) is 9.53 Å². The van der Waals surface area contributed by atoms with E-state index in [4.69, 9.17) is 4.74 Å². The maximum absolute atomic E-state index is 12.1. The Morgan fingerprint density at radius 2 is 2.06 bits per heavy atom. The molecule has 6 aliphatic rings. The van der Waals surface area contributed by atoms with Crippen LogP contribution in [0.2, 0.25) is 0 Å². The Kier molecular flexibility index (Phi) is 4.89. The van der Waals surface area contributed by atoms with Gasteiger partial charge in [0.15, 0.2) is 0 Å². The molecule has 4 fully saturated rings. The van der Waals surface area contributed by atoms with Crippen LogP contribution in [0.4, 0.5) is 0 Å². The van der Waals surface area contributed by atoms with Gasteiger partial charge >= 0.3 is 0 Å². The SMILES string of the molecule is CC1=C2C[C@H]3[C@@H](CC=C4CC(=O)CC[C@@]43C)[C@@H]2CC[C@@]2(C1)O[C@@H]1C[C@H](C)CN(O)[C@H]1[C@H]2C. The number of hydrogen-bond donors (Lipinski definition) is 1. The molecule has 176 valence electrons. The summed E-state index contributed by atoms with van der Waals surface area (Å²) in [6.45, 7) is 10.2. The van der Waals surface area contributed by atoms with Gasteiger partial charge in [-0.05, 0) is 81.0 Å². The van der Waals surface area contributed by atoms with Crippen molar-refractivity contribution in [1.29, 1.82) is 0 Å². The van der Waals surface area contributed by atoms with Gasteiger partial charge in [-0.1, -0.05) is 43.6 Å². The van der Waals surface area contributed by atoms with Crippen LogP contribution in [0.1, 0.15) is 85.5 Å². The zero-order chi connectivity index (χ0) is 22.4. The number of rotatable bonds is 0. The highest BCUT2D eigenvalue weighted by atomic mass is 16.5. The van der Waals surface area contributed by atoms with Crippen molar-refractivity contribution in [3.63, 3.8) is 0 Å². The Labute approximate surface area is 193 Å².